The van der Waals surface area contributed by atoms with E-state index in [0.29, 0.717) is 5.69 Å². The number of rotatable bonds is 2. The van der Waals surface area contributed by atoms with Gasteiger partial charge in [-0.15, -0.1) is 11.3 Å². The summed E-state index contributed by atoms with van der Waals surface area (Å²) in [6.45, 7) is 1.93. The van der Waals surface area contributed by atoms with Gasteiger partial charge in [-0.1, -0.05) is 18.2 Å². The molecule has 0 bridgehead atoms. The molecule has 1 unspecified atom stereocenters. The Morgan fingerprint density at radius 2 is 2.11 bits per heavy atom. The number of hydrogen-bond acceptors (Lipinski definition) is 4. The van der Waals surface area contributed by atoms with Crippen molar-refractivity contribution in [3.05, 3.63) is 58.2 Å². The second-order valence-corrected chi connectivity index (χ2v) is 5.22. The quantitative estimate of drug-likeness (QED) is 0.766. The third-order valence-electron chi connectivity index (χ3n) is 2.84. The summed E-state index contributed by atoms with van der Waals surface area (Å²) in [7, 11) is 0. The van der Waals surface area contributed by atoms with Crippen molar-refractivity contribution in [2.45, 2.75) is 13.0 Å². The summed E-state index contributed by atoms with van der Waals surface area (Å²) in [6.07, 6.45) is 1.01. The first-order valence-corrected chi connectivity index (χ1v) is 6.57. The molecule has 0 radical (unpaired) electrons. The normalized spacial score (nSPS) is 12.8. The van der Waals surface area contributed by atoms with Crippen LogP contribution in [0.3, 0.4) is 0 Å². The molecule has 3 aromatic rings. The summed E-state index contributed by atoms with van der Waals surface area (Å²) >= 11 is 1.54. The van der Waals surface area contributed by atoms with Gasteiger partial charge in [0.05, 0.1) is 16.2 Å². The van der Waals surface area contributed by atoms with E-state index in [1.165, 1.54) is 11.3 Å². The number of pyridine rings is 1. The van der Waals surface area contributed by atoms with Gasteiger partial charge in [0.25, 0.3) is 0 Å². The highest BCUT2D eigenvalue weighted by Gasteiger charge is 2.14. The lowest BCUT2D eigenvalue weighted by molar-refractivity contribution is 0.215. The molecule has 90 valence electrons. The van der Waals surface area contributed by atoms with Crippen molar-refractivity contribution in [2.75, 3.05) is 0 Å². The maximum Gasteiger partial charge on any atom is 0.123 e. The zero-order valence-electron chi connectivity index (χ0n) is 9.87. The van der Waals surface area contributed by atoms with E-state index in [9.17, 15) is 5.11 Å². The largest absolute Gasteiger partial charge is 0.382 e. The average molecular weight is 256 g/mol. The minimum Gasteiger partial charge on any atom is -0.382 e. The number of benzene rings is 1. The molecular formula is C14H12N2OS. The van der Waals surface area contributed by atoms with Gasteiger partial charge in [0.2, 0.25) is 0 Å². The van der Waals surface area contributed by atoms with Crippen LogP contribution >= 0.6 is 11.3 Å². The minimum atomic E-state index is -0.702. The van der Waals surface area contributed by atoms with Gasteiger partial charge >= 0.3 is 0 Å². The van der Waals surface area contributed by atoms with Crippen LogP contribution in [0.1, 0.15) is 22.4 Å². The Morgan fingerprint density at radius 3 is 2.89 bits per heavy atom. The summed E-state index contributed by atoms with van der Waals surface area (Å²) < 4.78 is 0. The Bertz CT molecular complexity index is 693. The van der Waals surface area contributed by atoms with Crippen LogP contribution in [0.2, 0.25) is 0 Å². The molecule has 0 saturated carbocycles. The van der Waals surface area contributed by atoms with E-state index in [-0.39, 0.29) is 0 Å². The molecule has 4 heteroatoms. The fraction of sp³-hybridized carbons (Fsp3) is 0.143. The molecule has 3 rings (SSSR count). The molecule has 2 aromatic heterocycles. The average Bonchev–Trinajstić information content (AvgIpc) is 2.84. The maximum atomic E-state index is 10.3. The summed E-state index contributed by atoms with van der Waals surface area (Å²) in [6, 6.07) is 9.83. The van der Waals surface area contributed by atoms with Gasteiger partial charge in [-0.05, 0) is 19.1 Å². The molecule has 1 aromatic carbocycles. The van der Waals surface area contributed by atoms with Crippen molar-refractivity contribution < 1.29 is 5.11 Å². The standard InChI is InChI=1S/C14H12N2OS/c1-9-16-13(8-18-9)14(17)11-6-10-4-2-3-5-12(10)15-7-11/h2-8,14,17H,1H3. The van der Waals surface area contributed by atoms with Crippen molar-refractivity contribution in [3.8, 4) is 0 Å². The van der Waals surface area contributed by atoms with Gasteiger partial charge in [0.15, 0.2) is 0 Å². The minimum absolute atomic E-state index is 0.689. The van der Waals surface area contributed by atoms with Crippen LogP contribution in [0.25, 0.3) is 10.9 Å². The monoisotopic (exact) mass is 256 g/mol. The number of aliphatic hydroxyl groups is 1. The van der Waals surface area contributed by atoms with Gasteiger partial charge in [-0.2, -0.15) is 0 Å². The zero-order valence-corrected chi connectivity index (χ0v) is 10.7. The summed E-state index contributed by atoms with van der Waals surface area (Å²) in [4.78, 5) is 8.66. The van der Waals surface area contributed by atoms with Crippen LogP contribution < -0.4 is 0 Å². The predicted octanol–water partition coefficient (Wildman–Crippen LogP) is 3.08. The molecule has 0 aliphatic carbocycles. The van der Waals surface area contributed by atoms with Crippen LogP contribution in [0.15, 0.2) is 41.9 Å². The molecule has 0 fully saturated rings. The van der Waals surface area contributed by atoms with E-state index in [1.54, 1.807) is 6.20 Å². The van der Waals surface area contributed by atoms with Gasteiger partial charge in [-0.3, -0.25) is 4.98 Å². The number of aliphatic hydroxyl groups excluding tert-OH is 1. The van der Waals surface area contributed by atoms with Crippen molar-refractivity contribution in [1.29, 1.82) is 0 Å². The molecule has 0 aliphatic heterocycles. The lowest BCUT2D eigenvalue weighted by Crippen LogP contribution is -2.00. The second kappa shape index (κ2) is 4.48. The predicted molar refractivity (Wildman–Crippen MR) is 72.7 cm³/mol. The summed E-state index contributed by atoms with van der Waals surface area (Å²) in [5.41, 5.74) is 2.40. The van der Waals surface area contributed by atoms with Crippen molar-refractivity contribution in [2.24, 2.45) is 0 Å². The van der Waals surface area contributed by atoms with E-state index in [2.05, 4.69) is 9.97 Å². The van der Waals surface area contributed by atoms with Gasteiger partial charge in [-0.25, -0.2) is 4.98 Å². The number of aryl methyl sites for hydroxylation is 1. The first-order chi connectivity index (χ1) is 8.74. The van der Waals surface area contributed by atoms with E-state index in [0.717, 1.165) is 21.5 Å². The molecule has 0 saturated heterocycles. The summed E-state index contributed by atoms with van der Waals surface area (Å²) in [5.74, 6) is 0. The van der Waals surface area contributed by atoms with Crippen LogP contribution in [0, 0.1) is 6.92 Å². The van der Waals surface area contributed by atoms with E-state index in [1.807, 2.05) is 42.6 Å². The van der Waals surface area contributed by atoms with Gasteiger partial charge in [0, 0.05) is 22.5 Å². The number of hydrogen-bond donors (Lipinski definition) is 1. The Morgan fingerprint density at radius 1 is 1.28 bits per heavy atom. The first kappa shape index (κ1) is 11.3. The number of aromatic nitrogens is 2. The van der Waals surface area contributed by atoms with E-state index < -0.39 is 6.10 Å². The Kier molecular flexibility index (Phi) is 2.81. The third kappa shape index (κ3) is 2.00. The molecule has 1 atom stereocenters. The second-order valence-electron chi connectivity index (χ2n) is 4.16. The maximum absolute atomic E-state index is 10.3. The molecule has 3 nitrogen and oxygen atoms in total. The molecular weight excluding hydrogens is 244 g/mol. The van der Waals surface area contributed by atoms with Crippen LogP contribution in [-0.4, -0.2) is 15.1 Å². The Hall–Kier alpha value is -1.78. The van der Waals surface area contributed by atoms with E-state index >= 15 is 0 Å². The zero-order chi connectivity index (χ0) is 12.5. The Labute approximate surface area is 109 Å². The van der Waals surface area contributed by atoms with Crippen LogP contribution in [0.5, 0.6) is 0 Å². The fourth-order valence-electron chi connectivity index (χ4n) is 1.91. The van der Waals surface area contributed by atoms with Crippen molar-refractivity contribution in [1.82, 2.24) is 9.97 Å². The van der Waals surface area contributed by atoms with Crippen LogP contribution in [0.4, 0.5) is 0 Å². The smallest absolute Gasteiger partial charge is 0.123 e. The molecule has 2 heterocycles. The molecule has 0 amide bonds. The number of nitrogens with zero attached hydrogens (tertiary/aromatic N) is 2. The SMILES string of the molecule is Cc1nc(C(O)c2cnc3ccccc3c2)cs1. The molecule has 18 heavy (non-hydrogen) atoms. The van der Waals surface area contributed by atoms with E-state index in [4.69, 9.17) is 0 Å². The Balaban J connectivity index is 2.03. The highest BCUT2D eigenvalue weighted by atomic mass is 32.1. The third-order valence-corrected chi connectivity index (χ3v) is 3.64. The lowest BCUT2D eigenvalue weighted by atomic mass is 10.1. The highest BCUT2D eigenvalue weighted by molar-refractivity contribution is 7.09. The van der Waals surface area contributed by atoms with Gasteiger partial charge < -0.3 is 5.11 Å². The number of fused-ring (bicyclic) bond motifs is 1. The lowest BCUT2D eigenvalue weighted by Gasteiger charge is -2.08. The van der Waals surface area contributed by atoms with Crippen LogP contribution in [-0.2, 0) is 0 Å². The molecule has 0 spiro atoms. The van der Waals surface area contributed by atoms with Crippen molar-refractivity contribution >= 4 is 22.2 Å². The van der Waals surface area contributed by atoms with Crippen molar-refractivity contribution in [3.63, 3.8) is 0 Å². The fourth-order valence-corrected chi connectivity index (χ4v) is 2.55. The first-order valence-electron chi connectivity index (χ1n) is 5.69. The topological polar surface area (TPSA) is 46.0 Å². The summed E-state index contributed by atoms with van der Waals surface area (Å²) in [5, 5.41) is 14.1. The highest BCUT2D eigenvalue weighted by Crippen LogP contribution is 2.24. The number of thiazole rings is 1. The van der Waals surface area contributed by atoms with Gasteiger partial charge in [0.1, 0.15) is 6.10 Å². The number of para-hydroxylation sites is 1. The molecule has 0 aliphatic rings. The molecule has 1 N–H and O–H groups in total.